The number of aryl methyl sites for hydroxylation is 4. The van der Waals surface area contributed by atoms with E-state index in [1.165, 1.54) is 16.7 Å². The molecule has 1 heterocycles. The summed E-state index contributed by atoms with van der Waals surface area (Å²) in [5, 5.41) is 5.06. The van der Waals surface area contributed by atoms with Crippen molar-refractivity contribution < 1.29 is 0 Å². The molecule has 2 aromatic rings. The molecule has 3 nitrogen and oxygen atoms in total. The highest BCUT2D eigenvalue weighted by Gasteiger charge is 2.15. The van der Waals surface area contributed by atoms with Crippen molar-refractivity contribution in [3.63, 3.8) is 0 Å². The zero-order valence-corrected chi connectivity index (χ0v) is 13.3. The predicted molar refractivity (Wildman–Crippen MR) is 84.3 cm³/mol. The Morgan fingerprint density at radius 2 is 1.90 bits per heavy atom. The minimum absolute atomic E-state index is 0.0457. The van der Waals surface area contributed by atoms with Gasteiger partial charge in [-0.1, -0.05) is 29.8 Å². The fraction of sp³-hybridized carbons (Fsp3) is 0.438. The number of hydrogen-bond acceptors (Lipinski definition) is 2. The van der Waals surface area contributed by atoms with Crippen LogP contribution in [0.4, 0.5) is 0 Å². The van der Waals surface area contributed by atoms with Gasteiger partial charge in [-0.2, -0.15) is 5.10 Å². The second-order valence-electron chi connectivity index (χ2n) is 5.56. The van der Waals surface area contributed by atoms with Gasteiger partial charge in [-0.3, -0.25) is 4.68 Å². The maximum absolute atomic E-state index is 6.27. The second kappa shape index (κ2) is 5.98. The summed E-state index contributed by atoms with van der Waals surface area (Å²) in [6.45, 7) is 6.17. The highest BCUT2D eigenvalue weighted by Crippen LogP contribution is 2.21. The number of rotatable bonds is 4. The molecule has 0 aliphatic carbocycles. The van der Waals surface area contributed by atoms with E-state index >= 15 is 0 Å². The van der Waals surface area contributed by atoms with Crippen molar-refractivity contribution in [3.8, 4) is 0 Å². The molecule has 0 spiro atoms. The highest BCUT2D eigenvalue weighted by molar-refractivity contribution is 6.31. The Hall–Kier alpha value is -1.32. The molecule has 0 bridgehead atoms. The SMILES string of the molecule is Cc1ccc(CC(N)Cc2c(Cl)c(C)nn2C)cc1C. The lowest BCUT2D eigenvalue weighted by Gasteiger charge is -2.13. The van der Waals surface area contributed by atoms with Crippen LogP contribution < -0.4 is 5.73 Å². The van der Waals surface area contributed by atoms with Crippen LogP contribution in [0, 0.1) is 20.8 Å². The minimum Gasteiger partial charge on any atom is -0.327 e. The summed E-state index contributed by atoms with van der Waals surface area (Å²) in [6, 6.07) is 6.56. The maximum Gasteiger partial charge on any atom is 0.0847 e. The van der Waals surface area contributed by atoms with E-state index in [1.807, 2.05) is 18.7 Å². The first-order valence-electron chi connectivity index (χ1n) is 6.88. The average Bonchev–Trinajstić information content (AvgIpc) is 2.61. The van der Waals surface area contributed by atoms with Crippen LogP contribution >= 0.6 is 11.6 Å². The van der Waals surface area contributed by atoms with Crippen molar-refractivity contribution in [2.75, 3.05) is 0 Å². The Kier molecular flexibility index (Phi) is 4.51. The minimum atomic E-state index is 0.0457. The van der Waals surface area contributed by atoms with Gasteiger partial charge >= 0.3 is 0 Å². The lowest BCUT2D eigenvalue weighted by Crippen LogP contribution is -2.26. The molecule has 1 aromatic heterocycles. The molecule has 1 atom stereocenters. The standard InChI is InChI=1S/C16H22ClN3/c1-10-5-6-13(7-11(10)2)8-14(18)9-15-16(17)12(3)19-20(15)4/h5-7,14H,8-9,18H2,1-4H3. The molecule has 0 aliphatic heterocycles. The largest absolute Gasteiger partial charge is 0.327 e. The number of nitrogens with two attached hydrogens (primary N) is 1. The fourth-order valence-corrected chi connectivity index (χ4v) is 2.69. The third-order valence-corrected chi connectivity index (χ3v) is 4.28. The van der Waals surface area contributed by atoms with Crippen LogP contribution in [0.5, 0.6) is 0 Å². The van der Waals surface area contributed by atoms with E-state index in [0.29, 0.717) is 0 Å². The van der Waals surface area contributed by atoms with E-state index in [2.05, 4.69) is 37.1 Å². The smallest absolute Gasteiger partial charge is 0.0847 e. The third kappa shape index (κ3) is 3.22. The van der Waals surface area contributed by atoms with Crippen molar-refractivity contribution in [1.82, 2.24) is 9.78 Å². The van der Waals surface area contributed by atoms with Gasteiger partial charge in [0.25, 0.3) is 0 Å². The molecule has 20 heavy (non-hydrogen) atoms. The molecule has 0 radical (unpaired) electrons. The van der Waals surface area contributed by atoms with Gasteiger partial charge in [-0.15, -0.1) is 0 Å². The molecule has 1 aromatic carbocycles. The first-order chi connectivity index (χ1) is 9.38. The Labute approximate surface area is 125 Å². The lowest BCUT2D eigenvalue weighted by molar-refractivity contribution is 0.612. The monoisotopic (exact) mass is 291 g/mol. The quantitative estimate of drug-likeness (QED) is 0.940. The van der Waals surface area contributed by atoms with Crippen LogP contribution in [0.3, 0.4) is 0 Å². The zero-order chi connectivity index (χ0) is 14.9. The van der Waals surface area contributed by atoms with Crippen LogP contribution in [0.25, 0.3) is 0 Å². The molecule has 2 rings (SSSR count). The van der Waals surface area contributed by atoms with Crippen LogP contribution in [0.2, 0.25) is 5.02 Å². The Bertz CT molecular complexity index is 616. The highest BCUT2D eigenvalue weighted by atomic mass is 35.5. The number of halogens is 1. The molecule has 0 saturated carbocycles. The number of nitrogens with zero attached hydrogens (tertiary/aromatic N) is 2. The average molecular weight is 292 g/mol. The number of aromatic nitrogens is 2. The summed E-state index contributed by atoms with van der Waals surface area (Å²) in [5.41, 5.74) is 12.0. The molecular weight excluding hydrogens is 270 g/mol. The van der Waals surface area contributed by atoms with Crippen molar-refractivity contribution in [2.45, 2.75) is 39.7 Å². The lowest BCUT2D eigenvalue weighted by atomic mass is 9.99. The van der Waals surface area contributed by atoms with Gasteiger partial charge in [0.2, 0.25) is 0 Å². The van der Waals surface area contributed by atoms with Crippen LogP contribution in [-0.4, -0.2) is 15.8 Å². The van der Waals surface area contributed by atoms with Crippen LogP contribution in [0.15, 0.2) is 18.2 Å². The first kappa shape index (κ1) is 15.1. The molecule has 4 heteroatoms. The zero-order valence-electron chi connectivity index (χ0n) is 12.6. The van der Waals surface area contributed by atoms with Crippen molar-refractivity contribution in [2.24, 2.45) is 12.8 Å². The van der Waals surface area contributed by atoms with Crippen LogP contribution in [-0.2, 0) is 19.9 Å². The van der Waals surface area contributed by atoms with Gasteiger partial charge in [-0.05, 0) is 43.9 Å². The summed E-state index contributed by atoms with van der Waals surface area (Å²) in [4.78, 5) is 0. The van der Waals surface area contributed by atoms with E-state index in [9.17, 15) is 0 Å². The van der Waals surface area contributed by atoms with Crippen molar-refractivity contribution in [3.05, 3.63) is 51.3 Å². The first-order valence-corrected chi connectivity index (χ1v) is 7.26. The summed E-state index contributed by atoms with van der Waals surface area (Å²) < 4.78 is 1.83. The number of benzene rings is 1. The molecule has 0 amide bonds. The van der Waals surface area contributed by atoms with Gasteiger partial charge in [0.1, 0.15) is 0 Å². The molecule has 0 aliphatic rings. The Morgan fingerprint density at radius 1 is 1.20 bits per heavy atom. The summed E-state index contributed by atoms with van der Waals surface area (Å²) >= 11 is 6.27. The Balaban J connectivity index is 2.08. The van der Waals surface area contributed by atoms with Crippen LogP contribution in [0.1, 0.15) is 28.1 Å². The topological polar surface area (TPSA) is 43.8 Å². The number of hydrogen-bond donors (Lipinski definition) is 1. The van der Waals surface area contributed by atoms with Gasteiger partial charge in [0, 0.05) is 19.5 Å². The van der Waals surface area contributed by atoms with Gasteiger partial charge in [-0.25, -0.2) is 0 Å². The molecule has 0 fully saturated rings. The second-order valence-corrected chi connectivity index (χ2v) is 5.93. The summed E-state index contributed by atoms with van der Waals surface area (Å²) in [6.07, 6.45) is 1.59. The third-order valence-electron chi connectivity index (χ3n) is 3.79. The molecule has 0 saturated heterocycles. The molecular formula is C16H22ClN3. The van der Waals surface area contributed by atoms with E-state index in [-0.39, 0.29) is 6.04 Å². The normalized spacial score (nSPS) is 12.7. The van der Waals surface area contributed by atoms with E-state index in [1.54, 1.807) is 0 Å². The predicted octanol–water partition coefficient (Wildman–Crippen LogP) is 3.11. The van der Waals surface area contributed by atoms with Gasteiger partial charge in [0.15, 0.2) is 0 Å². The molecule has 108 valence electrons. The summed E-state index contributed by atoms with van der Waals surface area (Å²) in [5.74, 6) is 0. The van der Waals surface area contributed by atoms with Gasteiger partial charge in [0.05, 0.1) is 16.4 Å². The van der Waals surface area contributed by atoms with E-state index in [4.69, 9.17) is 17.3 Å². The Morgan fingerprint density at radius 3 is 2.45 bits per heavy atom. The molecule has 2 N–H and O–H groups in total. The maximum atomic E-state index is 6.27. The van der Waals surface area contributed by atoms with Crippen molar-refractivity contribution >= 4 is 11.6 Å². The summed E-state index contributed by atoms with van der Waals surface area (Å²) in [7, 11) is 1.91. The van der Waals surface area contributed by atoms with E-state index < -0.39 is 0 Å². The fourth-order valence-electron chi connectivity index (χ4n) is 2.46. The van der Waals surface area contributed by atoms with Crippen molar-refractivity contribution in [1.29, 1.82) is 0 Å². The molecule has 1 unspecified atom stereocenters. The van der Waals surface area contributed by atoms with E-state index in [0.717, 1.165) is 29.3 Å². The van der Waals surface area contributed by atoms with Gasteiger partial charge < -0.3 is 5.73 Å².